The molecule has 1 amide bonds. The van der Waals surface area contributed by atoms with E-state index in [4.69, 9.17) is 0 Å². The van der Waals surface area contributed by atoms with E-state index in [0.29, 0.717) is 6.04 Å². The van der Waals surface area contributed by atoms with Crippen molar-refractivity contribution in [3.05, 3.63) is 35.9 Å². The van der Waals surface area contributed by atoms with E-state index < -0.39 is 0 Å². The van der Waals surface area contributed by atoms with E-state index in [2.05, 4.69) is 6.92 Å². The Balaban J connectivity index is 2.14. The number of hydrogen-bond acceptors (Lipinski definition) is 1. The van der Waals surface area contributed by atoms with Gasteiger partial charge in [0, 0.05) is 18.2 Å². The van der Waals surface area contributed by atoms with Crippen molar-refractivity contribution >= 4 is 5.91 Å². The largest absolute Gasteiger partial charge is 0.336 e. The maximum atomic E-state index is 12.1. The first-order valence-electron chi connectivity index (χ1n) is 5.69. The molecule has 1 unspecified atom stereocenters. The third-order valence-corrected chi connectivity index (χ3v) is 3.13. The van der Waals surface area contributed by atoms with E-state index >= 15 is 0 Å². The molecule has 1 aromatic rings. The monoisotopic (exact) mass is 203 g/mol. The van der Waals surface area contributed by atoms with Crippen LogP contribution in [-0.4, -0.2) is 23.4 Å². The van der Waals surface area contributed by atoms with Crippen LogP contribution in [0.1, 0.15) is 36.5 Å². The number of benzene rings is 1. The van der Waals surface area contributed by atoms with Crippen LogP contribution in [0.5, 0.6) is 0 Å². The van der Waals surface area contributed by atoms with E-state index in [1.807, 2.05) is 35.2 Å². The maximum Gasteiger partial charge on any atom is 0.254 e. The quantitative estimate of drug-likeness (QED) is 0.723. The van der Waals surface area contributed by atoms with Crippen molar-refractivity contribution in [2.45, 2.75) is 32.2 Å². The van der Waals surface area contributed by atoms with Gasteiger partial charge in [0.05, 0.1) is 0 Å². The molecule has 1 heterocycles. The van der Waals surface area contributed by atoms with Gasteiger partial charge < -0.3 is 4.90 Å². The Morgan fingerprint density at radius 3 is 2.80 bits per heavy atom. The smallest absolute Gasteiger partial charge is 0.254 e. The van der Waals surface area contributed by atoms with Gasteiger partial charge in [-0.2, -0.15) is 0 Å². The molecule has 0 bridgehead atoms. The molecule has 1 atom stereocenters. The van der Waals surface area contributed by atoms with Crippen molar-refractivity contribution in [2.75, 3.05) is 6.54 Å². The van der Waals surface area contributed by atoms with E-state index in [-0.39, 0.29) is 5.91 Å². The van der Waals surface area contributed by atoms with Gasteiger partial charge >= 0.3 is 0 Å². The number of amides is 1. The third-order valence-electron chi connectivity index (χ3n) is 3.13. The van der Waals surface area contributed by atoms with Crippen molar-refractivity contribution < 1.29 is 4.79 Å². The Morgan fingerprint density at radius 2 is 2.13 bits per heavy atom. The lowest BCUT2D eigenvalue weighted by Crippen LogP contribution is -2.34. The van der Waals surface area contributed by atoms with Crippen molar-refractivity contribution in [1.29, 1.82) is 0 Å². The molecule has 1 aromatic carbocycles. The highest BCUT2D eigenvalue weighted by molar-refractivity contribution is 5.94. The zero-order valence-corrected chi connectivity index (χ0v) is 9.15. The van der Waals surface area contributed by atoms with Crippen LogP contribution in [0.2, 0.25) is 0 Å². The van der Waals surface area contributed by atoms with Gasteiger partial charge in [-0.25, -0.2) is 0 Å². The molecule has 15 heavy (non-hydrogen) atoms. The van der Waals surface area contributed by atoms with Gasteiger partial charge in [0.2, 0.25) is 0 Å². The number of carbonyl (C=O) groups excluding carboxylic acids is 1. The van der Waals surface area contributed by atoms with Gasteiger partial charge in [0.25, 0.3) is 5.91 Å². The summed E-state index contributed by atoms with van der Waals surface area (Å²) in [4.78, 5) is 14.2. The summed E-state index contributed by atoms with van der Waals surface area (Å²) in [5.41, 5.74) is 0.817. The second kappa shape index (κ2) is 4.47. The molecule has 0 saturated carbocycles. The first-order chi connectivity index (χ1) is 7.33. The SMILES string of the molecule is CCC1CCCN1C(=O)c1ccccc1. The molecule has 80 valence electrons. The van der Waals surface area contributed by atoms with Crippen molar-refractivity contribution in [2.24, 2.45) is 0 Å². The molecule has 2 heteroatoms. The Labute approximate surface area is 90.9 Å². The zero-order valence-electron chi connectivity index (χ0n) is 9.15. The molecule has 0 aliphatic carbocycles. The summed E-state index contributed by atoms with van der Waals surface area (Å²) in [7, 11) is 0. The number of rotatable bonds is 2. The van der Waals surface area contributed by atoms with Gasteiger partial charge in [-0.1, -0.05) is 25.1 Å². The average molecular weight is 203 g/mol. The molecule has 0 radical (unpaired) electrons. The van der Waals surface area contributed by atoms with E-state index in [9.17, 15) is 4.79 Å². The summed E-state index contributed by atoms with van der Waals surface area (Å²) in [6.45, 7) is 3.08. The van der Waals surface area contributed by atoms with Crippen molar-refractivity contribution in [3.63, 3.8) is 0 Å². The molecule has 0 spiro atoms. The normalized spacial score (nSPS) is 20.6. The van der Waals surface area contributed by atoms with E-state index in [1.165, 1.54) is 0 Å². The summed E-state index contributed by atoms with van der Waals surface area (Å²) >= 11 is 0. The highest BCUT2D eigenvalue weighted by atomic mass is 16.2. The fourth-order valence-corrected chi connectivity index (χ4v) is 2.27. The summed E-state index contributed by atoms with van der Waals surface area (Å²) in [6.07, 6.45) is 3.38. The lowest BCUT2D eigenvalue weighted by molar-refractivity contribution is 0.0733. The number of hydrogen-bond donors (Lipinski definition) is 0. The average Bonchev–Trinajstić information content (AvgIpc) is 2.77. The van der Waals surface area contributed by atoms with Gasteiger partial charge in [0.1, 0.15) is 0 Å². The van der Waals surface area contributed by atoms with Crippen LogP contribution < -0.4 is 0 Å². The van der Waals surface area contributed by atoms with Crippen LogP contribution in [0, 0.1) is 0 Å². The fraction of sp³-hybridized carbons (Fsp3) is 0.462. The molecule has 1 saturated heterocycles. The fourth-order valence-electron chi connectivity index (χ4n) is 2.27. The van der Waals surface area contributed by atoms with Gasteiger partial charge in [-0.05, 0) is 31.4 Å². The molecule has 2 rings (SSSR count). The highest BCUT2D eigenvalue weighted by Gasteiger charge is 2.27. The van der Waals surface area contributed by atoms with Crippen LogP contribution in [-0.2, 0) is 0 Å². The van der Waals surface area contributed by atoms with E-state index in [1.54, 1.807) is 0 Å². The summed E-state index contributed by atoms with van der Waals surface area (Å²) in [6, 6.07) is 10.0. The minimum Gasteiger partial charge on any atom is -0.336 e. The van der Waals surface area contributed by atoms with Crippen molar-refractivity contribution in [3.8, 4) is 0 Å². The minimum absolute atomic E-state index is 0.194. The number of likely N-dealkylation sites (tertiary alicyclic amines) is 1. The molecule has 2 nitrogen and oxygen atoms in total. The first kappa shape index (κ1) is 10.2. The predicted molar refractivity (Wildman–Crippen MR) is 60.8 cm³/mol. The molecular formula is C13H17NO. The van der Waals surface area contributed by atoms with Crippen LogP contribution >= 0.6 is 0 Å². The zero-order chi connectivity index (χ0) is 10.7. The third kappa shape index (κ3) is 2.04. The topological polar surface area (TPSA) is 20.3 Å². The summed E-state index contributed by atoms with van der Waals surface area (Å²) in [5, 5.41) is 0. The van der Waals surface area contributed by atoms with Crippen LogP contribution in [0.25, 0.3) is 0 Å². The summed E-state index contributed by atoms with van der Waals surface area (Å²) < 4.78 is 0. The van der Waals surface area contributed by atoms with E-state index in [0.717, 1.165) is 31.4 Å². The molecule has 1 aliphatic heterocycles. The molecule has 1 aliphatic rings. The number of carbonyl (C=O) groups is 1. The van der Waals surface area contributed by atoms with Crippen LogP contribution in [0.15, 0.2) is 30.3 Å². The second-order valence-electron chi connectivity index (χ2n) is 4.07. The minimum atomic E-state index is 0.194. The molecule has 0 N–H and O–H groups in total. The second-order valence-corrected chi connectivity index (χ2v) is 4.07. The number of nitrogens with zero attached hydrogens (tertiary/aromatic N) is 1. The standard InChI is InChI=1S/C13H17NO/c1-2-12-9-6-10-14(12)13(15)11-7-4-3-5-8-11/h3-5,7-8,12H,2,6,9-10H2,1H3. The lowest BCUT2D eigenvalue weighted by atomic mass is 10.1. The van der Waals surface area contributed by atoms with Crippen molar-refractivity contribution in [1.82, 2.24) is 4.90 Å². The Hall–Kier alpha value is -1.31. The molecule has 0 aromatic heterocycles. The molecular weight excluding hydrogens is 186 g/mol. The Kier molecular flexibility index (Phi) is 3.05. The lowest BCUT2D eigenvalue weighted by Gasteiger charge is -2.23. The Morgan fingerprint density at radius 1 is 1.40 bits per heavy atom. The van der Waals surface area contributed by atoms with Crippen LogP contribution in [0.3, 0.4) is 0 Å². The predicted octanol–water partition coefficient (Wildman–Crippen LogP) is 2.70. The van der Waals surface area contributed by atoms with Crippen LogP contribution in [0.4, 0.5) is 0 Å². The summed E-state index contributed by atoms with van der Waals surface area (Å²) in [5.74, 6) is 0.194. The van der Waals surface area contributed by atoms with Gasteiger partial charge in [0.15, 0.2) is 0 Å². The van der Waals surface area contributed by atoms with Gasteiger partial charge in [-0.3, -0.25) is 4.79 Å². The highest BCUT2D eigenvalue weighted by Crippen LogP contribution is 2.21. The van der Waals surface area contributed by atoms with Gasteiger partial charge in [-0.15, -0.1) is 0 Å². The first-order valence-corrected chi connectivity index (χ1v) is 5.69. The molecule has 1 fully saturated rings. The maximum absolute atomic E-state index is 12.1. The Bertz CT molecular complexity index is 334.